The van der Waals surface area contributed by atoms with Crippen LogP contribution in [-0.2, 0) is 0 Å². The predicted molar refractivity (Wildman–Crippen MR) is 73.4 cm³/mol. The molecule has 106 valence electrons. The number of pyridine rings is 1. The lowest BCUT2D eigenvalue weighted by molar-refractivity contribution is 0.00320. The summed E-state index contributed by atoms with van der Waals surface area (Å²) in [4.78, 5) is 16.1. The van der Waals surface area contributed by atoms with Gasteiger partial charge in [-0.15, -0.1) is 0 Å². The van der Waals surface area contributed by atoms with Crippen LogP contribution < -0.4 is 5.32 Å². The van der Waals surface area contributed by atoms with Gasteiger partial charge in [-0.25, -0.2) is 4.98 Å². The first-order valence-electron chi connectivity index (χ1n) is 6.04. The summed E-state index contributed by atoms with van der Waals surface area (Å²) < 4.78 is 0. The molecule has 1 atom stereocenters. The minimum absolute atomic E-state index is 0.0424. The van der Waals surface area contributed by atoms with E-state index in [9.17, 15) is 9.90 Å². The summed E-state index contributed by atoms with van der Waals surface area (Å²) in [6, 6.07) is 3.13. The Balaban J connectivity index is 2.83. The van der Waals surface area contributed by atoms with Crippen LogP contribution in [0.2, 0.25) is 5.15 Å². The normalized spacial score (nSPS) is 14.3. The van der Waals surface area contributed by atoms with Crippen molar-refractivity contribution in [1.29, 1.82) is 0 Å². The van der Waals surface area contributed by atoms with Crippen molar-refractivity contribution in [1.82, 2.24) is 10.3 Å². The topological polar surface area (TPSA) is 82.5 Å². The summed E-state index contributed by atoms with van der Waals surface area (Å²) in [7, 11) is 0. The summed E-state index contributed by atoms with van der Waals surface area (Å²) in [6.45, 7) is 4.88. The summed E-state index contributed by atoms with van der Waals surface area (Å²) in [5.41, 5.74) is -0.225. The molecule has 3 N–H and O–H groups in total. The number of hydrogen-bond acceptors (Lipinski definition) is 4. The van der Waals surface area contributed by atoms with Gasteiger partial charge in [-0.1, -0.05) is 25.4 Å². The average molecular weight is 287 g/mol. The average Bonchev–Trinajstić information content (AvgIpc) is 2.35. The molecule has 1 rings (SSSR count). The maximum atomic E-state index is 11.9. The first kappa shape index (κ1) is 15.9. The summed E-state index contributed by atoms with van der Waals surface area (Å²) in [5, 5.41) is 21.3. The largest absolute Gasteiger partial charge is 0.393 e. The van der Waals surface area contributed by atoms with Crippen LogP contribution in [0.15, 0.2) is 12.1 Å². The number of amides is 1. The van der Waals surface area contributed by atoms with Gasteiger partial charge in [-0.3, -0.25) is 4.79 Å². The third-order valence-corrected chi connectivity index (χ3v) is 2.83. The molecule has 5 nitrogen and oxygen atoms in total. The van der Waals surface area contributed by atoms with Gasteiger partial charge in [0.15, 0.2) is 0 Å². The number of halogens is 1. The highest BCUT2D eigenvalue weighted by atomic mass is 35.5. The SMILES string of the molecule is CC(C)c1cc(C(=O)NCC(C)(O)CO)cc(Cl)n1. The highest BCUT2D eigenvalue weighted by Crippen LogP contribution is 2.17. The Morgan fingerprint density at radius 3 is 2.68 bits per heavy atom. The zero-order valence-corrected chi connectivity index (χ0v) is 12.0. The number of aliphatic hydroxyl groups is 2. The molecule has 1 heterocycles. The van der Waals surface area contributed by atoms with Crippen molar-refractivity contribution in [3.05, 3.63) is 28.5 Å². The zero-order chi connectivity index (χ0) is 14.6. The monoisotopic (exact) mass is 286 g/mol. The molecule has 1 aromatic rings. The number of nitrogens with zero attached hydrogens (tertiary/aromatic N) is 1. The van der Waals surface area contributed by atoms with Crippen LogP contribution in [0.3, 0.4) is 0 Å². The van der Waals surface area contributed by atoms with Gasteiger partial charge in [0.25, 0.3) is 5.91 Å². The molecule has 0 saturated carbocycles. The van der Waals surface area contributed by atoms with E-state index in [2.05, 4.69) is 10.3 Å². The molecule has 0 fully saturated rings. The molecule has 19 heavy (non-hydrogen) atoms. The molecule has 0 spiro atoms. The molecular formula is C13H19ClN2O3. The Morgan fingerprint density at radius 2 is 2.16 bits per heavy atom. The van der Waals surface area contributed by atoms with Crippen LogP contribution in [0, 0.1) is 0 Å². The first-order chi connectivity index (χ1) is 8.75. The van der Waals surface area contributed by atoms with E-state index in [1.54, 1.807) is 6.07 Å². The zero-order valence-electron chi connectivity index (χ0n) is 11.3. The number of carbonyl (C=O) groups excluding carboxylic acids is 1. The number of aliphatic hydroxyl groups excluding tert-OH is 1. The lowest BCUT2D eigenvalue weighted by Crippen LogP contribution is -2.43. The maximum absolute atomic E-state index is 11.9. The Morgan fingerprint density at radius 1 is 1.53 bits per heavy atom. The van der Waals surface area contributed by atoms with Gasteiger partial charge in [0.05, 0.1) is 6.61 Å². The maximum Gasteiger partial charge on any atom is 0.251 e. The standard InChI is InChI=1S/C13H19ClN2O3/c1-8(2)10-4-9(5-11(14)16-10)12(18)15-6-13(3,19)7-17/h4-5,8,17,19H,6-7H2,1-3H3,(H,15,18). The molecular weight excluding hydrogens is 268 g/mol. The van der Waals surface area contributed by atoms with E-state index in [1.165, 1.54) is 13.0 Å². The number of aromatic nitrogens is 1. The second-order valence-corrected chi connectivity index (χ2v) is 5.48. The van der Waals surface area contributed by atoms with E-state index in [4.69, 9.17) is 16.7 Å². The molecule has 0 radical (unpaired) electrons. The van der Waals surface area contributed by atoms with Crippen molar-refractivity contribution in [3.63, 3.8) is 0 Å². The summed E-state index contributed by atoms with van der Waals surface area (Å²) >= 11 is 5.88. The summed E-state index contributed by atoms with van der Waals surface area (Å²) in [6.07, 6.45) is 0. The van der Waals surface area contributed by atoms with Crippen LogP contribution in [0.5, 0.6) is 0 Å². The van der Waals surface area contributed by atoms with Gasteiger partial charge in [-0.05, 0) is 25.0 Å². The van der Waals surface area contributed by atoms with Gasteiger partial charge >= 0.3 is 0 Å². The van der Waals surface area contributed by atoms with Crippen molar-refractivity contribution in [3.8, 4) is 0 Å². The molecule has 0 aliphatic rings. The minimum atomic E-state index is -1.34. The number of carbonyl (C=O) groups is 1. The molecule has 1 amide bonds. The van der Waals surface area contributed by atoms with E-state index < -0.39 is 12.2 Å². The molecule has 0 aliphatic carbocycles. The third-order valence-electron chi connectivity index (χ3n) is 2.64. The van der Waals surface area contributed by atoms with Gasteiger partial charge in [0.1, 0.15) is 10.8 Å². The van der Waals surface area contributed by atoms with Crippen LogP contribution in [0.25, 0.3) is 0 Å². The van der Waals surface area contributed by atoms with Crippen molar-refractivity contribution < 1.29 is 15.0 Å². The second-order valence-electron chi connectivity index (χ2n) is 5.10. The Labute approximate surface area is 117 Å². The van der Waals surface area contributed by atoms with E-state index in [0.717, 1.165) is 5.69 Å². The number of nitrogens with one attached hydrogen (secondary N) is 1. The fourth-order valence-electron chi connectivity index (χ4n) is 1.37. The number of rotatable bonds is 5. The van der Waals surface area contributed by atoms with Crippen molar-refractivity contribution in [2.45, 2.75) is 32.3 Å². The predicted octanol–water partition coefficient (Wildman–Crippen LogP) is 1.33. The van der Waals surface area contributed by atoms with E-state index >= 15 is 0 Å². The highest BCUT2D eigenvalue weighted by Gasteiger charge is 2.20. The van der Waals surface area contributed by atoms with Gasteiger partial charge in [-0.2, -0.15) is 0 Å². The molecule has 0 saturated heterocycles. The lowest BCUT2D eigenvalue weighted by atomic mass is 10.1. The van der Waals surface area contributed by atoms with Crippen LogP contribution in [0.4, 0.5) is 0 Å². The molecule has 6 heteroatoms. The third kappa shape index (κ3) is 4.78. The van der Waals surface area contributed by atoms with Crippen LogP contribution >= 0.6 is 11.6 Å². The van der Waals surface area contributed by atoms with Crippen LogP contribution in [0.1, 0.15) is 42.7 Å². The van der Waals surface area contributed by atoms with Gasteiger partial charge in [0, 0.05) is 17.8 Å². The molecule has 0 aromatic carbocycles. The molecule has 1 aromatic heterocycles. The Hall–Kier alpha value is -1.17. The summed E-state index contributed by atoms with van der Waals surface area (Å²) in [5.74, 6) is -0.203. The second kappa shape index (κ2) is 6.32. The fourth-order valence-corrected chi connectivity index (χ4v) is 1.59. The quantitative estimate of drug-likeness (QED) is 0.713. The lowest BCUT2D eigenvalue weighted by Gasteiger charge is -2.20. The van der Waals surface area contributed by atoms with E-state index in [0.29, 0.717) is 5.56 Å². The van der Waals surface area contributed by atoms with Gasteiger partial charge in [0.2, 0.25) is 0 Å². The first-order valence-corrected chi connectivity index (χ1v) is 6.42. The Bertz CT molecular complexity index is 461. The molecule has 0 bridgehead atoms. The Kier molecular flexibility index (Phi) is 5.29. The smallest absolute Gasteiger partial charge is 0.251 e. The van der Waals surface area contributed by atoms with Crippen molar-refractivity contribution in [2.75, 3.05) is 13.2 Å². The highest BCUT2D eigenvalue weighted by molar-refractivity contribution is 6.29. The van der Waals surface area contributed by atoms with Crippen molar-refractivity contribution >= 4 is 17.5 Å². The molecule has 0 aliphatic heterocycles. The van der Waals surface area contributed by atoms with Gasteiger partial charge < -0.3 is 15.5 Å². The fraction of sp³-hybridized carbons (Fsp3) is 0.538. The van der Waals surface area contributed by atoms with E-state index in [-0.39, 0.29) is 23.5 Å². The molecule has 1 unspecified atom stereocenters. The minimum Gasteiger partial charge on any atom is -0.393 e. The van der Waals surface area contributed by atoms with E-state index in [1.807, 2.05) is 13.8 Å². The number of hydrogen-bond donors (Lipinski definition) is 3. The van der Waals surface area contributed by atoms with Crippen LogP contribution in [-0.4, -0.2) is 39.9 Å². The van der Waals surface area contributed by atoms with Crippen molar-refractivity contribution in [2.24, 2.45) is 0 Å².